The molecule has 0 bridgehead atoms. The Bertz CT molecular complexity index is 242. The number of carbonyl (C=O) groups is 1. The van der Waals surface area contributed by atoms with Crippen molar-refractivity contribution in [1.29, 1.82) is 0 Å². The summed E-state index contributed by atoms with van der Waals surface area (Å²) in [4.78, 5) is 14.0. The van der Waals surface area contributed by atoms with E-state index in [-0.39, 0.29) is 23.5 Å². The fraction of sp³-hybridized carbons (Fsp3) is 0.818. The normalized spacial score (nSPS) is 12.6. The molecule has 0 saturated heterocycles. The second-order valence-electron chi connectivity index (χ2n) is 3.85. The number of aliphatic hydroxyl groups is 1. The first-order valence-electron chi connectivity index (χ1n) is 5.70. The predicted molar refractivity (Wildman–Crippen MR) is 69.1 cm³/mol. The maximum Gasteiger partial charge on any atom is 0.232 e. The molecule has 1 atom stereocenters. The summed E-state index contributed by atoms with van der Waals surface area (Å²) in [7, 11) is 0. The minimum Gasteiger partial charge on any atom is -0.395 e. The van der Waals surface area contributed by atoms with Gasteiger partial charge in [0.05, 0.1) is 17.5 Å². The zero-order valence-electron chi connectivity index (χ0n) is 10.3. The number of rotatable bonds is 7. The van der Waals surface area contributed by atoms with E-state index < -0.39 is 5.92 Å². The van der Waals surface area contributed by atoms with Crippen LogP contribution in [0.25, 0.3) is 0 Å². The van der Waals surface area contributed by atoms with E-state index in [2.05, 4.69) is 0 Å². The third kappa shape index (κ3) is 4.06. The maximum atomic E-state index is 12.1. The Kier molecular flexibility index (Phi) is 7.25. The van der Waals surface area contributed by atoms with Gasteiger partial charge in [-0.3, -0.25) is 4.79 Å². The molecule has 0 aromatic heterocycles. The van der Waals surface area contributed by atoms with E-state index in [0.29, 0.717) is 6.54 Å². The van der Waals surface area contributed by atoms with E-state index in [1.54, 1.807) is 11.8 Å². The lowest BCUT2D eigenvalue weighted by Gasteiger charge is -2.32. The Morgan fingerprint density at radius 3 is 2.25 bits per heavy atom. The van der Waals surface area contributed by atoms with Crippen LogP contribution in [-0.4, -0.2) is 40.1 Å². The summed E-state index contributed by atoms with van der Waals surface area (Å²) < 4.78 is 0. The first kappa shape index (κ1) is 15.3. The molecular formula is C11H22N2O2S. The van der Waals surface area contributed by atoms with Crippen molar-refractivity contribution in [3.8, 4) is 0 Å². The minimum atomic E-state index is -0.456. The van der Waals surface area contributed by atoms with Crippen molar-refractivity contribution in [2.24, 2.45) is 11.7 Å². The van der Waals surface area contributed by atoms with E-state index in [9.17, 15) is 4.79 Å². The van der Waals surface area contributed by atoms with Gasteiger partial charge in [0.15, 0.2) is 0 Å². The molecule has 0 rings (SSSR count). The van der Waals surface area contributed by atoms with Crippen molar-refractivity contribution in [2.75, 3.05) is 13.2 Å². The highest BCUT2D eigenvalue weighted by molar-refractivity contribution is 7.80. The third-order valence-electron chi connectivity index (χ3n) is 2.80. The Hall–Kier alpha value is -0.680. The molecule has 0 radical (unpaired) electrons. The topological polar surface area (TPSA) is 66.6 Å². The molecule has 0 aliphatic heterocycles. The molecule has 0 saturated carbocycles. The number of thiocarbonyl (C=S) groups is 1. The van der Waals surface area contributed by atoms with Gasteiger partial charge in [0.2, 0.25) is 5.91 Å². The van der Waals surface area contributed by atoms with Crippen LogP contribution in [0.5, 0.6) is 0 Å². The highest BCUT2D eigenvalue weighted by Gasteiger charge is 2.26. The Morgan fingerprint density at radius 2 is 1.94 bits per heavy atom. The van der Waals surface area contributed by atoms with Crippen LogP contribution in [0.15, 0.2) is 0 Å². The number of amides is 1. The predicted octanol–water partition coefficient (Wildman–Crippen LogP) is 0.918. The van der Waals surface area contributed by atoms with Gasteiger partial charge >= 0.3 is 0 Å². The number of hydrogen-bond donors (Lipinski definition) is 2. The van der Waals surface area contributed by atoms with Crippen LogP contribution in [0.1, 0.15) is 33.6 Å². The first-order valence-corrected chi connectivity index (χ1v) is 6.10. The van der Waals surface area contributed by atoms with Crippen LogP contribution in [-0.2, 0) is 4.79 Å². The monoisotopic (exact) mass is 246 g/mol. The van der Waals surface area contributed by atoms with Crippen molar-refractivity contribution in [2.45, 2.75) is 39.7 Å². The largest absolute Gasteiger partial charge is 0.395 e. The van der Waals surface area contributed by atoms with Crippen LogP contribution in [0, 0.1) is 5.92 Å². The average molecular weight is 246 g/mol. The second kappa shape index (κ2) is 7.57. The molecule has 1 unspecified atom stereocenters. The number of carbonyl (C=O) groups excluding carboxylic acids is 1. The molecule has 0 aromatic carbocycles. The SMILES string of the molecule is CCC(CC)N(CCO)C(=O)C(C)C(N)=S. The van der Waals surface area contributed by atoms with Crippen LogP contribution >= 0.6 is 12.2 Å². The third-order valence-corrected chi connectivity index (χ3v) is 3.16. The standard InChI is InChI=1S/C11H22N2O2S/c1-4-9(5-2)13(6-7-14)11(15)8(3)10(12)16/h8-9,14H,4-7H2,1-3H3,(H2,12,16). The van der Waals surface area contributed by atoms with Gasteiger partial charge in [0.25, 0.3) is 0 Å². The average Bonchev–Trinajstić information content (AvgIpc) is 2.27. The van der Waals surface area contributed by atoms with Crippen molar-refractivity contribution in [3.05, 3.63) is 0 Å². The summed E-state index contributed by atoms with van der Waals surface area (Å²) in [6.07, 6.45) is 1.73. The van der Waals surface area contributed by atoms with Gasteiger partial charge in [-0.25, -0.2) is 0 Å². The summed E-state index contributed by atoms with van der Waals surface area (Å²) in [5.41, 5.74) is 5.48. The van der Waals surface area contributed by atoms with Crippen LogP contribution in [0.4, 0.5) is 0 Å². The molecule has 5 heteroatoms. The lowest BCUT2D eigenvalue weighted by atomic mass is 10.1. The highest BCUT2D eigenvalue weighted by Crippen LogP contribution is 2.12. The van der Waals surface area contributed by atoms with Gasteiger partial charge in [-0.2, -0.15) is 0 Å². The number of hydrogen-bond acceptors (Lipinski definition) is 3. The van der Waals surface area contributed by atoms with Gasteiger partial charge in [-0.1, -0.05) is 26.1 Å². The fourth-order valence-electron chi connectivity index (χ4n) is 1.68. The Labute approximate surface area is 103 Å². The van der Waals surface area contributed by atoms with E-state index in [0.717, 1.165) is 12.8 Å². The molecule has 4 nitrogen and oxygen atoms in total. The maximum absolute atomic E-state index is 12.1. The summed E-state index contributed by atoms with van der Waals surface area (Å²) in [6, 6.07) is 0.149. The first-order chi connectivity index (χ1) is 7.49. The van der Waals surface area contributed by atoms with Crippen LogP contribution in [0.2, 0.25) is 0 Å². The van der Waals surface area contributed by atoms with E-state index in [1.165, 1.54) is 0 Å². The summed E-state index contributed by atoms with van der Waals surface area (Å²) in [6.45, 7) is 6.07. The second-order valence-corrected chi connectivity index (χ2v) is 4.32. The molecule has 0 aliphatic rings. The number of nitrogens with two attached hydrogens (primary N) is 1. The highest BCUT2D eigenvalue weighted by atomic mass is 32.1. The Balaban J connectivity index is 4.75. The smallest absolute Gasteiger partial charge is 0.232 e. The summed E-state index contributed by atoms with van der Waals surface area (Å²) in [5.74, 6) is -0.544. The lowest BCUT2D eigenvalue weighted by molar-refractivity contribution is -0.136. The molecule has 3 N–H and O–H groups in total. The van der Waals surface area contributed by atoms with Crippen LogP contribution < -0.4 is 5.73 Å². The van der Waals surface area contributed by atoms with Crippen molar-refractivity contribution < 1.29 is 9.90 Å². The van der Waals surface area contributed by atoms with Gasteiger partial charge in [0.1, 0.15) is 0 Å². The number of aliphatic hydroxyl groups excluding tert-OH is 1. The van der Waals surface area contributed by atoms with Gasteiger partial charge < -0.3 is 15.7 Å². The Morgan fingerprint density at radius 1 is 1.44 bits per heavy atom. The minimum absolute atomic E-state index is 0.0354. The van der Waals surface area contributed by atoms with Gasteiger partial charge in [0, 0.05) is 12.6 Å². The van der Waals surface area contributed by atoms with Gasteiger partial charge in [-0.15, -0.1) is 0 Å². The fourth-order valence-corrected chi connectivity index (χ4v) is 1.78. The zero-order chi connectivity index (χ0) is 12.7. The molecule has 16 heavy (non-hydrogen) atoms. The zero-order valence-corrected chi connectivity index (χ0v) is 11.1. The van der Waals surface area contributed by atoms with E-state index in [1.807, 2.05) is 13.8 Å². The molecule has 0 heterocycles. The molecule has 94 valence electrons. The quantitative estimate of drug-likeness (QED) is 0.656. The van der Waals surface area contributed by atoms with Crippen LogP contribution in [0.3, 0.4) is 0 Å². The summed E-state index contributed by atoms with van der Waals surface area (Å²) >= 11 is 4.82. The molecule has 0 fully saturated rings. The number of nitrogens with zero attached hydrogens (tertiary/aromatic N) is 1. The van der Waals surface area contributed by atoms with Gasteiger partial charge in [-0.05, 0) is 19.8 Å². The van der Waals surface area contributed by atoms with E-state index in [4.69, 9.17) is 23.1 Å². The van der Waals surface area contributed by atoms with Crippen molar-refractivity contribution >= 4 is 23.1 Å². The molecular weight excluding hydrogens is 224 g/mol. The van der Waals surface area contributed by atoms with Crippen molar-refractivity contribution in [3.63, 3.8) is 0 Å². The molecule has 0 spiro atoms. The molecule has 0 aromatic rings. The van der Waals surface area contributed by atoms with E-state index >= 15 is 0 Å². The molecule has 1 amide bonds. The lowest BCUT2D eigenvalue weighted by Crippen LogP contribution is -2.46. The molecule has 0 aliphatic carbocycles. The summed E-state index contributed by atoms with van der Waals surface area (Å²) in [5, 5.41) is 8.99. The van der Waals surface area contributed by atoms with Crippen molar-refractivity contribution in [1.82, 2.24) is 4.90 Å².